The van der Waals surface area contributed by atoms with Gasteiger partial charge in [-0.15, -0.1) is 0 Å². The maximum absolute atomic E-state index is 14.4. The first-order valence-corrected chi connectivity index (χ1v) is 19.0. The molecule has 49 heavy (non-hydrogen) atoms. The van der Waals surface area contributed by atoms with Crippen molar-refractivity contribution in [1.29, 1.82) is 0 Å². The number of nitrogens with one attached hydrogen (secondary N) is 1. The monoisotopic (exact) mass is 697 g/mol. The highest BCUT2D eigenvalue weighted by atomic mass is 32.2. The Morgan fingerprint density at radius 3 is 2.63 bits per heavy atom. The molecule has 1 aromatic carbocycles. The summed E-state index contributed by atoms with van der Waals surface area (Å²) < 4.78 is 45.4. The number of esters is 1. The summed E-state index contributed by atoms with van der Waals surface area (Å²) in [5, 5.41) is -0.586. The molecule has 2 aliphatic heterocycles. The number of ether oxygens (including phenoxy) is 2. The van der Waals surface area contributed by atoms with Crippen LogP contribution in [-0.4, -0.2) is 71.4 Å². The van der Waals surface area contributed by atoms with E-state index >= 15 is 0 Å². The smallest absolute Gasteiger partial charge is 0.394 e. The van der Waals surface area contributed by atoms with Gasteiger partial charge in [0.1, 0.15) is 17.2 Å². The Balaban J connectivity index is 1.28. The average molecular weight is 698 g/mol. The number of aromatic nitrogens is 1. The lowest BCUT2D eigenvalue weighted by atomic mass is 9.90. The molecule has 1 N–H and O–H groups in total. The SMILES string of the molecule is Cc1ccc2nc(O[C@@H]3C[C@H]4C(=O)C[C@]5(C(=O)NS(=O)(=O)C6CC6)C[C@@H]5/C=C\CCCCC[C@H](CC(=O)OC(C)(C)C)C(=O)N4C3)oc2c1. The molecule has 2 amide bonds. The zero-order valence-electron chi connectivity index (χ0n) is 28.7. The molecule has 0 bridgehead atoms. The number of hydrogen-bond acceptors (Lipinski definition) is 10. The summed E-state index contributed by atoms with van der Waals surface area (Å²) >= 11 is 0. The molecule has 1 aromatic heterocycles. The molecule has 2 saturated carbocycles. The molecule has 13 heteroatoms. The number of amides is 2. The van der Waals surface area contributed by atoms with Crippen molar-refractivity contribution in [1.82, 2.24) is 14.6 Å². The molecular formula is C36H47N3O9S. The number of nitrogens with zero attached hydrogens (tertiary/aromatic N) is 2. The lowest BCUT2D eigenvalue weighted by molar-refractivity contribution is -0.159. The van der Waals surface area contributed by atoms with Crippen LogP contribution in [0.4, 0.5) is 0 Å². The second-order valence-electron chi connectivity index (χ2n) is 15.3. The van der Waals surface area contributed by atoms with E-state index in [-0.39, 0.29) is 49.5 Å². The Morgan fingerprint density at radius 1 is 1.12 bits per heavy atom. The number of aryl methyl sites for hydroxylation is 1. The molecule has 4 aliphatic rings. The second-order valence-corrected chi connectivity index (χ2v) is 17.2. The fraction of sp³-hybridized carbons (Fsp3) is 0.639. The number of oxazole rings is 1. The molecular weight excluding hydrogens is 650 g/mol. The summed E-state index contributed by atoms with van der Waals surface area (Å²) in [7, 11) is -3.83. The number of carbonyl (C=O) groups is 4. The van der Waals surface area contributed by atoms with Gasteiger partial charge in [-0.25, -0.2) is 8.42 Å². The summed E-state index contributed by atoms with van der Waals surface area (Å²) in [6, 6.07) is 4.62. The molecule has 6 rings (SSSR count). The van der Waals surface area contributed by atoms with Crippen LogP contribution >= 0.6 is 0 Å². The third-order valence-electron chi connectivity index (χ3n) is 9.96. The van der Waals surface area contributed by atoms with Crippen molar-refractivity contribution in [2.45, 2.75) is 121 Å². The summed E-state index contributed by atoms with van der Waals surface area (Å²) in [5.41, 5.74) is 0.204. The Morgan fingerprint density at radius 2 is 1.90 bits per heavy atom. The molecule has 266 valence electrons. The van der Waals surface area contributed by atoms with Crippen molar-refractivity contribution in [3.05, 3.63) is 35.9 Å². The number of sulfonamides is 1. The number of hydrogen-bond donors (Lipinski definition) is 1. The van der Waals surface area contributed by atoms with Gasteiger partial charge in [-0.1, -0.05) is 31.1 Å². The van der Waals surface area contributed by atoms with Crippen LogP contribution in [0.3, 0.4) is 0 Å². The largest absolute Gasteiger partial charge is 0.460 e. The molecule has 2 aliphatic carbocycles. The number of rotatable bonds is 7. The predicted molar refractivity (Wildman–Crippen MR) is 180 cm³/mol. The molecule has 1 saturated heterocycles. The van der Waals surface area contributed by atoms with E-state index in [1.165, 1.54) is 4.90 Å². The van der Waals surface area contributed by atoms with Crippen LogP contribution in [-0.2, 0) is 33.9 Å². The third kappa shape index (κ3) is 8.19. The molecule has 0 spiro atoms. The minimum absolute atomic E-state index is 0.0204. The Hall–Kier alpha value is -3.74. The van der Waals surface area contributed by atoms with E-state index in [0.29, 0.717) is 43.2 Å². The minimum Gasteiger partial charge on any atom is -0.460 e. The van der Waals surface area contributed by atoms with Crippen LogP contribution in [0.2, 0.25) is 0 Å². The van der Waals surface area contributed by atoms with Crippen molar-refractivity contribution >= 4 is 44.7 Å². The Labute approximate surface area is 287 Å². The molecule has 12 nitrogen and oxygen atoms in total. The highest BCUT2D eigenvalue weighted by Gasteiger charge is 2.61. The summed E-state index contributed by atoms with van der Waals surface area (Å²) in [5.74, 6) is -2.87. The van der Waals surface area contributed by atoms with Crippen LogP contribution < -0.4 is 9.46 Å². The van der Waals surface area contributed by atoms with Gasteiger partial charge in [0.15, 0.2) is 11.4 Å². The van der Waals surface area contributed by atoms with Gasteiger partial charge in [0, 0.05) is 18.8 Å². The molecule has 0 unspecified atom stereocenters. The normalized spacial score (nSPS) is 28.9. The quantitative estimate of drug-likeness (QED) is 0.310. The number of fused-ring (bicyclic) bond motifs is 3. The number of ketones is 1. The van der Waals surface area contributed by atoms with Crippen molar-refractivity contribution in [3.63, 3.8) is 0 Å². The van der Waals surface area contributed by atoms with Crippen LogP contribution in [0.25, 0.3) is 11.1 Å². The van der Waals surface area contributed by atoms with E-state index in [4.69, 9.17) is 13.9 Å². The van der Waals surface area contributed by atoms with E-state index in [1.54, 1.807) is 20.8 Å². The summed E-state index contributed by atoms with van der Waals surface area (Å²) in [6.45, 7) is 7.30. The van der Waals surface area contributed by atoms with Gasteiger partial charge in [0.2, 0.25) is 21.8 Å². The first-order valence-electron chi connectivity index (χ1n) is 17.5. The van der Waals surface area contributed by atoms with Gasteiger partial charge in [0.05, 0.1) is 29.7 Å². The van der Waals surface area contributed by atoms with Gasteiger partial charge >= 0.3 is 12.0 Å². The van der Waals surface area contributed by atoms with Crippen molar-refractivity contribution in [3.8, 4) is 6.08 Å². The zero-order chi connectivity index (χ0) is 35.1. The van der Waals surface area contributed by atoms with E-state index in [2.05, 4.69) is 9.71 Å². The standard InChI is InChI=1S/C36H47N3O9S/c1-22-12-15-27-30(16-22)47-34(37-27)46-25-18-28-29(40)20-36(33(43)38-49(44,45)26-13-14-26)19-24(36)11-9-7-5-6-8-10-23(32(42)39(28)21-25)17-31(41)48-35(2,3)4/h9,11-12,15-16,23-26,28H,5-8,10,13-14,17-21H2,1-4H3,(H,38,43)/b11-9-/t23-,24+,25-,28+,36-/m1/s1. The lowest BCUT2D eigenvalue weighted by Crippen LogP contribution is -2.46. The Bertz CT molecular complexity index is 1760. The Kier molecular flexibility index (Phi) is 9.69. The molecule has 5 atom stereocenters. The van der Waals surface area contributed by atoms with E-state index < -0.39 is 56.2 Å². The van der Waals surface area contributed by atoms with Crippen LogP contribution in [0.1, 0.15) is 97.0 Å². The molecule has 0 radical (unpaired) electrons. The van der Waals surface area contributed by atoms with Crippen molar-refractivity contribution < 1.29 is 41.5 Å². The third-order valence-corrected chi connectivity index (χ3v) is 11.8. The lowest BCUT2D eigenvalue weighted by Gasteiger charge is -2.29. The predicted octanol–water partition coefficient (Wildman–Crippen LogP) is 4.93. The highest BCUT2D eigenvalue weighted by molar-refractivity contribution is 7.90. The van der Waals surface area contributed by atoms with Crippen molar-refractivity contribution in [2.24, 2.45) is 17.3 Å². The number of Topliss-reactive ketones (excluding diaryl/α,β-unsaturated/α-hetero) is 1. The van der Waals surface area contributed by atoms with E-state index in [9.17, 15) is 27.6 Å². The molecule has 3 heterocycles. The number of allylic oxidation sites excluding steroid dienone is 2. The van der Waals surface area contributed by atoms with Gasteiger partial charge in [-0.2, -0.15) is 4.98 Å². The topological polar surface area (TPSA) is 162 Å². The number of carbonyl (C=O) groups excluding carboxylic acids is 4. The minimum atomic E-state index is -3.83. The zero-order valence-corrected chi connectivity index (χ0v) is 29.6. The average Bonchev–Trinajstić information content (AvgIpc) is 3.90. The van der Waals surface area contributed by atoms with Gasteiger partial charge < -0.3 is 18.8 Å². The molecule has 2 aromatic rings. The highest BCUT2D eigenvalue weighted by Crippen LogP contribution is 2.57. The summed E-state index contributed by atoms with van der Waals surface area (Å²) in [4.78, 5) is 61.2. The first-order chi connectivity index (χ1) is 23.1. The van der Waals surface area contributed by atoms with Gasteiger partial charge in [0.25, 0.3) is 0 Å². The first kappa shape index (κ1) is 35.1. The van der Waals surface area contributed by atoms with Gasteiger partial charge in [-0.05, 0) is 89.8 Å². The second kappa shape index (κ2) is 13.5. The number of benzene rings is 1. The maximum Gasteiger partial charge on any atom is 0.394 e. The van der Waals surface area contributed by atoms with Crippen LogP contribution in [0.5, 0.6) is 6.08 Å². The fourth-order valence-electron chi connectivity index (χ4n) is 7.11. The van der Waals surface area contributed by atoms with Crippen LogP contribution in [0.15, 0.2) is 34.8 Å². The maximum atomic E-state index is 14.4. The summed E-state index contributed by atoms with van der Waals surface area (Å²) in [6.07, 6.45) is 7.98. The van der Waals surface area contributed by atoms with Gasteiger partial charge in [-0.3, -0.25) is 23.9 Å². The van der Waals surface area contributed by atoms with E-state index in [1.807, 2.05) is 37.3 Å². The molecule has 3 fully saturated rings. The fourth-order valence-corrected chi connectivity index (χ4v) is 8.49. The van der Waals surface area contributed by atoms with Crippen molar-refractivity contribution in [2.75, 3.05) is 6.54 Å². The van der Waals surface area contributed by atoms with E-state index in [0.717, 1.165) is 24.8 Å². The van der Waals surface area contributed by atoms with Crippen LogP contribution in [0, 0.1) is 24.2 Å².